The molecule has 1 aliphatic rings. The predicted molar refractivity (Wildman–Crippen MR) is 98.8 cm³/mol. The van der Waals surface area contributed by atoms with E-state index in [1.807, 2.05) is 24.3 Å². The molecule has 0 saturated heterocycles. The van der Waals surface area contributed by atoms with Crippen molar-refractivity contribution in [2.45, 2.75) is 43.9 Å². The van der Waals surface area contributed by atoms with Crippen LogP contribution in [-0.2, 0) is 16.6 Å². The van der Waals surface area contributed by atoms with Crippen molar-refractivity contribution in [1.29, 1.82) is 0 Å². The minimum absolute atomic E-state index is 0.146. The molecule has 1 amide bonds. The zero-order valence-electron chi connectivity index (χ0n) is 14.2. The van der Waals surface area contributed by atoms with Crippen molar-refractivity contribution in [2.24, 2.45) is 0 Å². The summed E-state index contributed by atoms with van der Waals surface area (Å²) in [6, 6.07) is 10.2. The van der Waals surface area contributed by atoms with Crippen LogP contribution in [0.3, 0.4) is 0 Å². The molecule has 128 valence electrons. The third kappa shape index (κ3) is 3.99. The topological polar surface area (TPSA) is 38.3 Å². The fourth-order valence-corrected chi connectivity index (χ4v) is 4.37. The molecular formula is C20H25NO2S. The SMILES string of the molecule is COc1ccc(CCC(=O)NCC2(c3ccsc3)CCCC2)cc1. The molecule has 4 heteroatoms. The number of hydrogen-bond acceptors (Lipinski definition) is 3. The van der Waals surface area contributed by atoms with Crippen molar-refractivity contribution in [3.63, 3.8) is 0 Å². The first kappa shape index (κ1) is 17.0. The largest absolute Gasteiger partial charge is 0.497 e. The molecule has 1 aromatic heterocycles. The summed E-state index contributed by atoms with van der Waals surface area (Å²) >= 11 is 1.75. The Morgan fingerprint density at radius 1 is 1.21 bits per heavy atom. The number of nitrogens with one attached hydrogen (secondary N) is 1. The van der Waals surface area contributed by atoms with Crippen LogP contribution in [0.25, 0.3) is 0 Å². The smallest absolute Gasteiger partial charge is 0.220 e. The Hall–Kier alpha value is -1.81. The van der Waals surface area contributed by atoms with Crippen molar-refractivity contribution in [2.75, 3.05) is 13.7 Å². The van der Waals surface area contributed by atoms with Crippen LogP contribution in [0.5, 0.6) is 5.75 Å². The molecule has 2 aromatic rings. The van der Waals surface area contributed by atoms with Gasteiger partial charge in [-0.1, -0.05) is 25.0 Å². The zero-order chi connectivity index (χ0) is 16.8. The van der Waals surface area contributed by atoms with Crippen LogP contribution in [0.1, 0.15) is 43.2 Å². The van der Waals surface area contributed by atoms with Crippen molar-refractivity contribution >= 4 is 17.2 Å². The van der Waals surface area contributed by atoms with Crippen LogP contribution >= 0.6 is 11.3 Å². The number of ether oxygens (including phenoxy) is 1. The van der Waals surface area contributed by atoms with Gasteiger partial charge in [-0.15, -0.1) is 0 Å². The lowest BCUT2D eigenvalue weighted by Crippen LogP contribution is -2.38. The van der Waals surface area contributed by atoms with E-state index < -0.39 is 0 Å². The maximum Gasteiger partial charge on any atom is 0.220 e. The highest BCUT2D eigenvalue weighted by atomic mass is 32.1. The summed E-state index contributed by atoms with van der Waals surface area (Å²) in [5.41, 5.74) is 2.73. The first-order valence-corrected chi connectivity index (χ1v) is 9.58. The Morgan fingerprint density at radius 3 is 2.58 bits per heavy atom. The summed E-state index contributed by atoms with van der Waals surface area (Å²) in [5.74, 6) is 0.995. The standard InChI is InChI=1S/C20H25NO2S/c1-23-18-7-4-16(5-8-18)6-9-19(22)21-15-20(11-2-3-12-20)17-10-13-24-14-17/h4-5,7-8,10,13-14H,2-3,6,9,11-12,15H2,1H3,(H,21,22). The Labute approximate surface area is 148 Å². The molecule has 1 saturated carbocycles. The second-order valence-electron chi connectivity index (χ2n) is 6.62. The number of carbonyl (C=O) groups is 1. The summed E-state index contributed by atoms with van der Waals surface area (Å²) < 4.78 is 5.16. The third-order valence-corrected chi connectivity index (χ3v) is 5.80. The summed E-state index contributed by atoms with van der Waals surface area (Å²) in [6.07, 6.45) is 6.19. The van der Waals surface area contributed by atoms with E-state index in [9.17, 15) is 4.79 Å². The van der Waals surface area contributed by atoms with Crippen LogP contribution in [0, 0.1) is 0 Å². The highest BCUT2D eigenvalue weighted by Crippen LogP contribution is 2.41. The minimum atomic E-state index is 0.146. The number of methoxy groups -OCH3 is 1. The van der Waals surface area contributed by atoms with Gasteiger partial charge in [0.2, 0.25) is 5.91 Å². The van der Waals surface area contributed by atoms with Gasteiger partial charge in [-0.2, -0.15) is 11.3 Å². The molecule has 1 aromatic carbocycles. The van der Waals surface area contributed by atoms with Gasteiger partial charge in [0, 0.05) is 18.4 Å². The minimum Gasteiger partial charge on any atom is -0.497 e. The van der Waals surface area contributed by atoms with Gasteiger partial charge in [-0.05, 0) is 59.3 Å². The van der Waals surface area contributed by atoms with Crippen LogP contribution in [0.4, 0.5) is 0 Å². The van der Waals surface area contributed by atoms with Crippen LogP contribution in [-0.4, -0.2) is 19.6 Å². The van der Waals surface area contributed by atoms with Gasteiger partial charge < -0.3 is 10.1 Å². The van der Waals surface area contributed by atoms with E-state index >= 15 is 0 Å². The van der Waals surface area contributed by atoms with Crippen LogP contribution in [0.15, 0.2) is 41.1 Å². The van der Waals surface area contributed by atoms with E-state index in [1.54, 1.807) is 18.4 Å². The van der Waals surface area contributed by atoms with E-state index in [-0.39, 0.29) is 11.3 Å². The monoisotopic (exact) mass is 343 g/mol. The van der Waals surface area contributed by atoms with Crippen molar-refractivity contribution in [3.8, 4) is 5.75 Å². The number of hydrogen-bond donors (Lipinski definition) is 1. The van der Waals surface area contributed by atoms with Gasteiger partial charge in [0.1, 0.15) is 5.75 Å². The Morgan fingerprint density at radius 2 is 1.96 bits per heavy atom. The van der Waals surface area contributed by atoms with Gasteiger partial charge in [0.15, 0.2) is 0 Å². The predicted octanol–water partition coefficient (Wildman–Crippen LogP) is 4.32. The molecule has 1 heterocycles. The van der Waals surface area contributed by atoms with Gasteiger partial charge >= 0.3 is 0 Å². The molecule has 0 aliphatic heterocycles. The fourth-order valence-electron chi connectivity index (χ4n) is 3.59. The Kier molecular flexibility index (Phi) is 5.56. The molecule has 3 rings (SSSR count). The average molecular weight is 343 g/mol. The third-order valence-electron chi connectivity index (χ3n) is 5.12. The van der Waals surface area contributed by atoms with E-state index in [2.05, 4.69) is 22.1 Å². The van der Waals surface area contributed by atoms with Gasteiger partial charge in [0.05, 0.1) is 7.11 Å². The molecule has 1 aliphatic carbocycles. The highest BCUT2D eigenvalue weighted by Gasteiger charge is 2.36. The first-order valence-electron chi connectivity index (χ1n) is 8.64. The number of benzene rings is 1. The normalized spacial score (nSPS) is 16.0. The lowest BCUT2D eigenvalue weighted by Gasteiger charge is -2.28. The second-order valence-corrected chi connectivity index (χ2v) is 7.40. The van der Waals surface area contributed by atoms with E-state index in [1.165, 1.54) is 36.8 Å². The fraction of sp³-hybridized carbons (Fsp3) is 0.450. The van der Waals surface area contributed by atoms with Gasteiger partial charge in [0.25, 0.3) is 0 Å². The van der Waals surface area contributed by atoms with Crippen molar-refractivity contribution < 1.29 is 9.53 Å². The Bertz CT molecular complexity index is 643. The van der Waals surface area contributed by atoms with Crippen molar-refractivity contribution in [3.05, 3.63) is 52.2 Å². The lowest BCUT2D eigenvalue weighted by atomic mass is 9.80. The molecule has 0 bridgehead atoms. The molecular weight excluding hydrogens is 318 g/mol. The molecule has 0 radical (unpaired) electrons. The number of rotatable bonds is 7. The molecule has 0 atom stereocenters. The summed E-state index contributed by atoms with van der Waals surface area (Å²) in [6.45, 7) is 0.769. The maximum atomic E-state index is 12.3. The molecule has 0 spiro atoms. The lowest BCUT2D eigenvalue weighted by molar-refractivity contribution is -0.121. The quantitative estimate of drug-likeness (QED) is 0.813. The van der Waals surface area contributed by atoms with Gasteiger partial charge in [-0.25, -0.2) is 0 Å². The maximum absolute atomic E-state index is 12.3. The van der Waals surface area contributed by atoms with Gasteiger partial charge in [-0.3, -0.25) is 4.79 Å². The van der Waals surface area contributed by atoms with Crippen LogP contribution < -0.4 is 10.1 Å². The number of carbonyl (C=O) groups excluding carboxylic acids is 1. The average Bonchev–Trinajstić information content (AvgIpc) is 3.30. The first-order chi connectivity index (χ1) is 11.7. The summed E-state index contributed by atoms with van der Waals surface area (Å²) in [4.78, 5) is 12.3. The molecule has 24 heavy (non-hydrogen) atoms. The molecule has 1 N–H and O–H groups in total. The van der Waals surface area contributed by atoms with E-state index in [0.29, 0.717) is 6.42 Å². The van der Waals surface area contributed by atoms with Crippen molar-refractivity contribution in [1.82, 2.24) is 5.32 Å². The van der Waals surface area contributed by atoms with E-state index in [0.717, 1.165) is 18.7 Å². The Balaban J connectivity index is 1.51. The van der Waals surface area contributed by atoms with E-state index in [4.69, 9.17) is 4.74 Å². The summed E-state index contributed by atoms with van der Waals surface area (Å²) in [5, 5.41) is 7.57. The number of aryl methyl sites for hydroxylation is 1. The van der Waals surface area contributed by atoms with Crippen LogP contribution in [0.2, 0.25) is 0 Å². The number of amides is 1. The zero-order valence-corrected chi connectivity index (χ0v) is 15.0. The number of thiophene rings is 1. The molecule has 3 nitrogen and oxygen atoms in total. The highest BCUT2D eigenvalue weighted by molar-refractivity contribution is 7.08. The second kappa shape index (κ2) is 7.84. The summed E-state index contributed by atoms with van der Waals surface area (Å²) in [7, 11) is 1.66. The molecule has 0 unspecified atom stereocenters. The molecule has 1 fully saturated rings.